The van der Waals surface area contributed by atoms with Gasteiger partial charge in [-0.15, -0.1) is 11.6 Å². The van der Waals surface area contributed by atoms with Gasteiger partial charge < -0.3 is 20.1 Å². The van der Waals surface area contributed by atoms with Crippen LogP contribution in [0.5, 0.6) is 0 Å². The van der Waals surface area contributed by atoms with E-state index < -0.39 is 23.3 Å². The maximum atomic E-state index is 12.4. The molecule has 9 heteroatoms. The summed E-state index contributed by atoms with van der Waals surface area (Å²) in [5.41, 5.74) is 9.23. The molecule has 1 aromatic carbocycles. The molecule has 0 fully saturated rings. The molecule has 0 saturated carbocycles. The second-order valence-electron chi connectivity index (χ2n) is 7.45. The molecule has 1 aromatic rings. The number of allylic oxidation sites excluding steroid dienone is 1. The van der Waals surface area contributed by atoms with E-state index in [1.807, 2.05) is 24.3 Å². The van der Waals surface area contributed by atoms with Crippen LogP contribution in [0.3, 0.4) is 0 Å². The molecule has 3 rings (SSSR count). The molecule has 0 bridgehead atoms. The molecule has 2 N–H and O–H groups in total. The Hall–Kier alpha value is -2.32. The third-order valence-corrected chi connectivity index (χ3v) is 6.46. The van der Waals surface area contributed by atoms with Crippen LogP contribution in [0, 0.1) is 0 Å². The molecule has 31 heavy (non-hydrogen) atoms. The molecular weight excluding hydrogens is 488 g/mol. The number of nitrogens with two attached hydrogens (primary N) is 1. The molecular formula is C22H24BrClN2O5. The third kappa shape index (κ3) is 5.49. The fraction of sp³-hybridized carbons (Fsp3) is 0.409. The zero-order chi connectivity index (χ0) is 22.5. The molecule has 166 valence electrons. The van der Waals surface area contributed by atoms with Crippen LogP contribution in [0.4, 0.5) is 0 Å². The number of ketones is 1. The second-order valence-corrected chi connectivity index (χ2v) is 8.44. The van der Waals surface area contributed by atoms with E-state index >= 15 is 0 Å². The Labute approximate surface area is 194 Å². The number of benzene rings is 1. The van der Waals surface area contributed by atoms with Crippen molar-refractivity contribution in [3.63, 3.8) is 0 Å². The smallest absolute Gasteiger partial charge is 0.305 e. The number of carbonyl (C=O) groups is 3. The number of rotatable bonds is 9. The summed E-state index contributed by atoms with van der Waals surface area (Å²) in [5.74, 6) is -0.718. The highest BCUT2D eigenvalue weighted by atomic mass is 79.9. The number of hydrogen-bond acceptors (Lipinski definition) is 6. The predicted molar refractivity (Wildman–Crippen MR) is 119 cm³/mol. The minimum absolute atomic E-state index is 0.0631. The number of alkyl halides is 2. The first-order valence-corrected chi connectivity index (χ1v) is 11.4. The number of carbonyl (C=O) groups excluding carboxylic acids is 3. The van der Waals surface area contributed by atoms with E-state index in [0.29, 0.717) is 12.3 Å². The highest BCUT2D eigenvalue weighted by Crippen LogP contribution is 2.37. The van der Waals surface area contributed by atoms with E-state index in [4.69, 9.17) is 22.1 Å². The zero-order valence-corrected chi connectivity index (χ0v) is 19.4. The average molecular weight is 512 g/mol. The Bertz CT molecular complexity index is 928. The quantitative estimate of drug-likeness (QED) is 0.404. The number of nitrogens with zero attached hydrogens (tertiary/aromatic N) is 1. The summed E-state index contributed by atoms with van der Waals surface area (Å²) in [7, 11) is 1.29. The van der Waals surface area contributed by atoms with Gasteiger partial charge in [-0.25, -0.2) is 0 Å². The highest BCUT2D eigenvalue weighted by molar-refractivity contribution is 9.08. The van der Waals surface area contributed by atoms with E-state index in [-0.39, 0.29) is 31.7 Å². The first-order chi connectivity index (χ1) is 14.8. The third-order valence-electron chi connectivity index (χ3n) is 5.37. The first-order valence-electron chi connectivity index (χ1n) is 9.83. The monoisotopic (exact) mass is 510 g/mol. The summed E-state index contributed by atoms with van der Waals surface area (Å²) in [6, 6.07) is 7.21. The van der Waals surface area contributed by atoms with Crippen molar-refractivity contribution in [1.29, 1.82) is 0 Å². The molecule has 7 nitrogen and oxygen atoms in total. The van der Waals surface area contributed by atoms with E-state index in [0.717, 1.165) is 27.6 Å². The molecule has 2 unspecified atom stereocenters. The second kappa shape index (κ2) is 10.3. The van der Waals surface area contributed by atoms with Gasteiger partial charge in [0.2, 0.25) is 5.91 Å². The summed E-state index contributed by atoms with van der Waals surface area (Å²) in [6.07, 6.45) is 2.19. The number of ether oxygens (including phenoxy) is 2. The molecule has 2 atom stereocenters. The number of Topliss-reactive ketones (excluding diaryl/α,β-unsaturated/α-hetero) is 1. The lowest BCUT2D eigenvalue weighted by molar-refractivity contribution is -0.141. The molecule has 0 saturated heterocycles. The van der Waals surface area contributed by atoms with Gasteiger partial charge >= 0.3 is 5.97 Å². The van der Waals surface area contributed by atoms with Gasteiger partial charge in [-0.3, -0.25) is 14.4 Å². The Morgan fingerprint density at radius 2 is 1.97 bits per heavy atom. The fourth-order valence-electron chi connectivity index (χ4n) is 3.65. The summed E-state index contributed by atoms with van der Waals surface area (Å²) in [4.78, 5) is 37.7. The molecule has 0 spiro atoms. The van der Waals surface area contributed by atoms with Gasteiger partial charge in [0, 0.05) is 36.5 Å². The number of hydrogen-bond donors (Lipinski definition) is 1. The Morgan fingerprint density at radius 1 is 1.29 bits per heavy atom. The lowest BCUT2D eigenvalue weighted by atomic mass is 9.93. The van der Waals surface area contributed by atoms with Crippen LogP contribution in [0.1, 0.15) is 30.4 Å². The minimum atomic E-state index is -0.879. The van der Waals surface area contributed by atoms with Crippen molar-refractivity contribution >= 4 is 45.2 Å². The molecule has 0 aromatic heterocycles. The van der Waals surface area contributed by atoms with Crippen molar-refractivity contribution in [2.24, 2.45) is 5.73 Å². The zero-order valence-electron chi connectivity index (χ0n) is 17.1. The highest BCUT2D eigenvalue weighted by Gasteiger charge is 2.38. The van der Waals surface area contributed by atoms with Gasteiger partial charge in [-0.2, -0.15) is 0 Å². The van der Waals surface area contributed by atoms with Gasteiger partial charge in [-0.1, -0.05) is 40.2 Å². The van der Waals surface area contributed by atoms with E-state index in [2.05, 4.69) is 20.7 Å². The van der Waals surface area contributed by atoms with Crippen molar-refractivity contribution in [1.82, 2.24) is 4.90 Å². The van der Waals surface area contributed by atoms with E-state index in [1.54, 1.807) is 11.1 Å². The maximum absolute atomic E-state index is 12.4. The summed E-state index contributed by atoms with van der Waals surface area (Å²) >= 11 is 9.80. The largest absolute Gasteiger partial charge is 0.491 e. The Balaban J connectivity index is 1.79. The molecule has 1 aliphatic heterocycles. The lowest BCUT2D eigenvalue weighted by Gasteiger charge is -2.26. The van der Waals surface area contributed by atoms with Crippen molar-refractivity contribution < 1.29 is 23.9 Å². The fourth-order valence-corrected chi connectivity index (χ4v) is 4.29. The number of halogens is 2. The average Bonchev–Trinajstić information content (AvgIpc) is 3.17. The van der Waals surface area contributed by atoms with Crippen molar-refractivity contribution in [2.45, 2.75) is 42.6 Å². The number of esters is 1. The van der Waals surface area contributed by atoms with Crippen molar-refractivity contribution in [2.75, 3.05) is 13.7 Å². The van der Waals surface area contributed by atoms with Gasteiger partial charge in [0.15, 0.2) is 5.78 Å². The number of methoxy groups -OCH3 is 1. The van der Waals surface area contributed by atoms with Crippen LogP contribution in [0.25, 0.3) is 0 Å². The van der Waals surface area contributed by atoms with Crippen molar-refractivity contribution in [3.8, 4) is 0 Å². The van der Waals surface area contributed by atoms with Crippen LogP contribution < -0.4 is 5.73 Å². The standard InChI is InChI=1S/C22H24BrClN2O5/c1-30-19(28)7-6-17(22(25)29)26-10-15-8-18(27)20(24)21(16(15)11-26)31-12-14-4-2-13(9-23)3-5-14/h2-5,10,17,20H,6-9,11-12H2,1H3,(H2,25,29). The predicted octanol–water partition coefficient (Wildman–Crippen LogP) is 2.94. The summed E-state index contributed by atoms with van der Waals surface area (Å²) in [6.45, 7) is 0.602. The van der Waals surface area contributed by atoms with Crippen LogP contribution in [0.15, 0.2) is 47.4 Å². The van der Waals surface area contributed by atoms with E-state index in [9.17, 15) is 14.4 Å². The minimum Gasteiger partial charge on any atom is -0.491 e. The van der Waals surface area contributed by atoms with Crippen LogP contribution in [0.2, 0.25) is 0 Å². The van der Waals surface area contributed by atoms with Crippen LogP contribution >= 0.6 is 27.5 Å². The molecule has 2 aliphatic rings. The maximum Gasteiger partial charge on any atom is 0.305 e. The molecule has 1 aliphatic carbocycles. The lowest BCUT2D eigenvalue weighted by Crippen LogP contribution is -2.41. The van der Waals surface area contributed by atoms with Crippen LogP contribution in [-0.4, -0.2) is 47.6 Å². The summed E-state index contributed by atoms with van der Waals surface area (Å²) in [5, 5.41) is -0.112. The van der Waals surface area contributed by atoms with Crippen LogP contribution in [-0.2, 0) is 35.8 Å². The Morgan fingerprint density at radius 3 is 2.58 bits per heavy atom. The normalized spacial score (nSPS) is 19.1. The number of amides is 1. The van der Waals surface area contributed by atoms with Gasteiger partial charge in [0.1, 0.15) is 23.8 Å². The number of fused-ring (bicyclic) bond motifs is 1. The first kappa shape index (κ1) is 23.3. The van der Waals surface area contributed by atoms with Gasteiger partial charge in [-0.05, 0) is 23.1 Å². The molecule has 0 radical (unpaired) electrons. The number of primary amides is 1. The molecule has 1 heterocycles. The topological polar surface area (TPSA) is 98.9 Å². The SMILES string of the molecule is COC(=O)CCC(C(N)=O)N1C=C2CC(=O)C(Cl)C(OCc3ccc(CBr)cc3)=C2C1. The van der Waals surface area contributed by atoms with Crippen molar-refractivity contribution in [3.05, 3.63) is 58.5 Å². The van der Waals surface area contributed by atoms with E-state index in [1.165, 1.54) is 7.11 Å². The van der Waals surface area contributed by atoms with Gasteiger partial charge in [0.05, 0.1) is 7.11 Å². The van der Waals surface area contributed by atoms with Gasteiger partial charge in [0.25, 0.3) is 0 Å². The summed E-state index contributed by atoms with van der Waals surface area (Å²) < 4.78 is 10.7. The molecule has 1 amide bonds. The Kier molecular flexibility index (Phi) is 7.78.